The maximum absolute atomic E-state index is 14.1. The normalized spacial score (nSPS) is 11.9. The number of thiophene rings is 1. The molecule has 4 rings (SSSR count). The number of hydrogen-bond acceptors (Lipinski definition) is 3. The summed E-state index contributed by atoms with van der Waals surface area (Å²) < 4.78 is 58.3. The Balaban J connectivity index is 1.75. The van der Waals surface area contributed by atoms with Crippen molar-refractivity contribution in [3.05, 3.63) is 66.5 Å². The first-order valence-corrected chi connectivity index (χ1v) is 9.53. The number of alkyl halides is 3. The van der Waals surface area contributed by atoms with E-state index < -0.39 is 6.36 Å². The highest BCUT2D eigenvalue weighted by Crippen LogP contribution is 2.43. The molecular weight excluding hydrogens is 493 g/mol. The van der Waals surface area contributed by atoms with Gasteiger partial charge in [0.05, 0.1) is 43.6 Å². The van der Waals surface area contributed by atoms with Crippen molar-refractivity contribution in [1.82, 2.24) is 0 Å². The van der Waals surface area contributed by atoms with Gasteiger partial charge < -0.3 is 4.74 Å². The van der Waals surface area contributed by atoms with Gasteiger partial charge in [0.15, 0.2) is 0 Å². The van der Waals surface area contributed by atoms with Crippen LogP contribution in [0.15, 0.2) is 60.7 Å². The quantitative estimate of drug-likeness (QED) is 0.162. The van der Waals surface area contributed by atoms with Crippen molar-refractivity contribution >= 4 is 65.7 Å². The van der Waals surface area contributed by atoms with Gasteiger partial charge in [0.2, 0.25) is 0 Å². The van der Waals surface area contributed by atoms with E-state index in [1.165, 1.54) is 29.5 Å². The molecule has 3 aromatic carbocycles. The lowest BCUT2D eigenvalue weighted by atomic mass is 10.1. The third-order valence-corrected chi connectivity index (χ3v) is 6.29. The van der Waals surface area contributed by atoms with Crippen LogP contribution in [0, 0.1) is 5.82 Å². The van der Waals surface area contributed by atoms with Gasteiger partial charge in [-0.2, -0.15) is 0 Å². The summed E-state index contributed by atoms with van der Waals surface area (Å²) in [5.41, 5.74) is 1.51. The van der Waals surface area contributed by atoms with Gasteiger partial charge in [-0.1, -0.05) is 24.3 Å². The molecule has 0 bridgehead atoms. The molecule has 0 radical (unpaired) electrons. The van der Waals surface area contributed by atoms with Crippen LogP contribution in [0.3, 0.4) is 0 Å². The summed E-state index contributed by atoms with van der Waals surface area (Å²) in [6.45, 7) is 0. The first-order valence-electron chi connectivity index (χ1n) is 7.75. The fraction of sp³-hybridized carbons (Fsp3) is 0.0526. The fourth-order valence-electron chi connectivity index (χ4n) is 2.84. The summed E-state index contributed by atoms with van der Waals surface area (Å²) in [5.74, 6) is -0.550. The Morgan fingerprint density at radius 2 is 1.48 bits per heavy atom. The Morgan fingerprint density at radius 1 is 0.852 bits per heavy atom. The lowest BCUT2D eigenvalue weighted by molar-refractivity contribution is -0.274. The Morgan fingerprint density at radius 3 is 2.15 bits per heavy atom. The van der Waals surface area contributed by atoms with Crippen molar-refractivity contribution in [2.75, 3.05) is 3.11 Å². The number of halogens is 5. The molecule has 2 nitrogen and oxygen atoms in total. The first-order chi connectivity index (χ1) is 12.8. The van der Waals surface area contributed by atoms with Crippen LogP contribution in [0.5, 0.6) is 5.75 Å². The SMILES string of the molecule is Fc1cccc2c1sc1c(N(I)c3ccc(OC(F)(F)F)cc3)cccc12. The van der Waals surface area contributed by atoms with Crippen LogP contribution >= 0.6 is 34.2 Å². The van der Waals surface area contributed by atoms with Crippen molar-refractivity contribution in [1.29, 1.82) is 0 Å². The first kappa shape index (κ1) is 18.3. The topological polar surface area (TPSA) is 12.5 Å². The Hall–Kier alpha value is -2.07. The van der Waals surface area contributed by atoms with Gasteiger partial charge in [0.1, 0.15) is 11.6 Å². The Labute approximate surface area is 169 Å². The summed E-state index contributed by atoms with van der Waals surface area (Å²) in [7, 11) is 0. The van der Waals surface area contributed by atoms with Crippen molar-refractivity contribution in [2.45, 2.75) is 6.36 Å². The van der Waals surface area contributed by atoms with E-state index in [1.54, 1.807) is 18.2 Å². The molecule has 0 spiro atoms. The zero-order valence-electron chi connectivity index (χ0n) is 13.4. The second kappa shape index (κ2) is 6.83. The van der Waals surface area contributed by atoms with E-state index in [4.69, 9.17) is 0 Å². The minimum Gasteiger partial charge on any atom is -0.406 e. The second-order valence-electron chi connectivity index (χ2n) is 5.69. The third-order valence-electron chi connectivity index (χ3n) is 3.96. The number of hydrogen-bond donors (Lipinski definition) is 0. The molecule has 0 atom stereocenters. The van der Waals surface area contributed by atoms with Crippen LogP contribution in [-0.4, -0.2) is 6.36 Å². The van der Waals surface area contributed by atoms with Gasteiger partial charge in [-0.05, 0) is 36.4 Å². The van der Waals surface area contributed by atoms with E-state index in [-0.39, 0.29) is 11.6 Å². The zero-order chi connectivity index (χ0) is 19.2. The minimum atomic E-state index is -4.72. The molecule has 1 heterocycles. The minimum absolute atomic E-state index is 0.270. The predicted molar refractivity (Wildman–Crippen MR) is 109 cm³/mol. The number of anilines is 2. The lowest BCUT2D eigenvalue weighted by Gasteiger charge is -2.18. The fourth-order valence-corrected chi connectivity index (χ4v) is 4.94. The van der Waals surface area contributed by atoms with Crippen molar-refractivity contribution in [3.8, 4) is 5.75 Å². The van der Waals surface area contributed by atoms with Crippen LogP contribution < -0.4 is 7.85 Å². The summed E-state index contributed by atoms with van der Waals surface area (Å²) in [4.78, 5) is 0. The highest BCUT2D eigenvalue weighted by molar-refractivity contribution is 14.1. The molecule has 138 valence electrons. The van der Waals surface area contributed by atoms with Gasteiger partial charge in [-0.3, -0.25) is 3.11 Å². The average molecular weight is 503 g/mol. The van der Waals surface area contributed by atoms with E-state index in [2.05, 4.69) is 27.6 Å². The predicted octanol–water partition coefficient (Wildman–Crippen LogP) is 7.58. The molecule has 0 N–H and O–H groups in total. The molecule has 8 heteroatoms. The van der Waals surface area contributed by atoms with Crippen LogP contribution in [0.25, 0.3) is 20.2 Å². The molecule has 0 aliphatic heterocycles. The third kappa shape index (κ3) is 3.55. The zero-order valence-corrected chi connectivity index (χ0v) is 16.4. The molecule has 27 heavy (non-hydrogen) atoms. The Bertz CT molecular complexity index is 1120. The maximum Gasteiger partial charge on any atom is 0.573 e. The van der Waals surface area contributed by atoms with Crippen molar-refractivity contribution < 1.29 is 22.3 Å². The molecule has 0 aliphatic carbocycles. The monoisotopic (exact) mass is 503 g/mol. The highest BCUT2D eigenvalue weighted by atomic mass is 127. The molecule has 0 saturated heterocycles. The number of benzene rings is 3. The second-order valence-corrected chi connectivity index (χ2v) is 7.68. The lowest BCUT2D eigenvalue weighted by Crippen LogP contribution is -2.17. The highest BCUT2D eigenvalue weighted by Gasteiger charge is 2.31. The van der Waals surface area contributed by atoms with Crippen molar-refractivity contribution in [2.24, 2.45) is 0 Å². The van der Waals surface area contributed by atoms with Crippen molar-refractivity contribution in [3.63, 3.8) is 0 Å². The number of fused-ring (bicyclic) bond motifs is 3. The number of nitrogens with zero attached hydrogens (tertiary/aromatic N) is 1. The van der Waals surface area contributed by atoms with E-state index >= 15 is 0 Å². The molecule has 1 aromatic heterocycles. The van der Waals surface area contributed by atoms with Gasteiger partial charge in [-0.25, -0.2) is 4.39 Å². The maximum atomic E-state index is 14.1. The van der Waals surface area contributed by atoms with Gasteiger partial charge in [0, 0.05) is 10.8 Å². The van der Waals surface area contributed by atoms with E-state index in [0.29, 0.717) is 10.4 Å². The van der Waals surface area contributed by atoms with E-state index in [1.807, 2.05) is 27.4 Å². The summed E-state index contributed by atoms with van der Waals surface area (Å²) in [5, 5.41) is 1.78. The summed E-state index contributed by atoms with van der Waals surface area (Å²) >= 11 is 3.43. The van der Waals surface area contributed by atoms with E-state index in [0.717, 1.165) is 21.2 Å². The molecule has 0 aliphatic rings. The summed E-state index contributed by atoms with van der Waals surface area (Å²) in [6.07, 6.45) is -4.72. The molecule has 0 amide bonds. The van der Waals surface area contributed by atoms with Crippen LogP contribution in [-0.2, 0) is 0 Å². The van der Waals surface area contributed by atoms with Crippen LogP contribution in [0.4, 0.5) is 28.9 Å². The molecule has 0 unspecified atom stereocenters. The van der Waals surface area contributed by atoms with E-state index in [9.17, 15) is 17.6 Å². The number of rotatable bonds is 3. The molecule has 0 fully saturated rings. The van der Waals surface area contributed by atoms with Gasteiger partial charge in [-0.15, -0.1) is 24.5 Å². The average Bonchev–Trinajstić information content (AvgIpc) is 3.01. The standard InChI is InChI=1S/C19H10F4INOS/c20-15-5-1-3-13-14-4-2-6-16(18(14)27-17(13)15)25(24)11-7-9-12(10-8-11)26-19(21,22)23/h1-10H. The van der Waals surface area contributed by atoms with Gasteiger partial charge in [0.25, 0.3) is 0 Å². The molecule has 0 saturated carbocycles. The number of ether oxygens (including phenoxy) is 1. The Kier molecular flexibility index (Phi) is 4.63. The summed E-state index contributed by atoms with van der Waals surface area (Å²) in [6, 6.07) is 16.3. The smallest absolute Gasteiger partial charge is 0.406 e. The van der Waals surface area contributed by atoms with Crippen LogP contribution in [0.1, 0.15) is 0 Å². The molecular formula is C19H10F4INOS. The van der Waals surface area contributed by atoms with Gasteiger partial charge >= 0.3 is 6.36 Å². The van der Waals surface area contributed by atoms with Crippen LogP contribution in [0.2, 0.25) is 0 Å². The molecule has 4 aromatic rings. The largest absolute Gasteiger partial charge is 0.573 e.